The number of rotatable bonds is 5. The zero-order chi connectivity index (χ0) is 18.4. The molecule has 0 atom stereocenters. The second-order valence-corrected chi connectivity index (χ2v) is 5.84. The number of aryl methyl sites for hydroxylation is 1. The highest BCUT2D eigenvalue weighted by Gasteiger charge is 2.35. The molecule has 0 aromatic carbocycles. The lowest BCUT2D eigenvalue weighted by Crippen LogP contribution is -2.28. The van der Waals surface area contributed by atoms with E-state index in [4.69, 9.17) is 5.73 Å². The van der Waals surface area contributed by atoms with Gasteiger partial charge in [0.25, 0.3) is 0 Å². The number of carbonyl (C=O) groups excluding carboxylic acids is 1. The summed E-state index contributed by atoms with van der Waals surface area (Å²) in [4.78, 5) is 16.0. The van der Waals surface area contributed by atoms with E-state index < -0.39 is 11.9 Å². The molecular weight excluding hydrogens is 335 g/mol. The van der Waals surface area contributed by atoms with Gasteiger partial charge in [-0.25, -0.2) is 0 Å². The Morgan fingerprint density at radius 3 is 2.76 bits per heavy atom. The molecule has 6 nitrogen and oxygen atoms in total. The van der Waals surface area contributed by atoms with Gasteiger partial charge in [0.15, 0.2) is 0 Å². The maximum Gasteiger partial charge on any atom is 0.431 e. The van der Waals surface area contributed by atoms with Crippen molar-refractivity contribution < 1.29 is 18.0 Å². The second kappa shape index (κ2) is 8.17. The van der Waals surface area contributed by atoms with Crippen LogP contribution in [0.3, 0.4) is 0 Å². The maximum absolute atomic E-state index is 12.8. The van der Waals surface area contributed by atoms with Crippen molar-refractivity contribution in [2.24, 2.45) is 10.7 Å². The third-order valence-corrected chi connectivity index (χ3v) is 3.98. The van der Waals surface area contributed by atoms with Gasteiger partial charge in [0.2, 0.25) is 5.91 Å². The number of allylic oxidation sites excluding steroid dienone is 2. The molecule has 1 heterocycles. The molecule has 1 saturated carbocycles. The van der Waals surface area contributed by atoms with Crippen LogP contribution in [0.25, 0.3) is 0 Å². The fraction of sp³-hybridized carbons (Fsp3) is 0.562. The number of nitrogens with one attached hydrogen (secondary N) is 1. The van der Waals surface area contributed by atoms with Gasteiger partial charge >= 0.3 is 6.18 Å². The molecule has 1 aliphatic carbocycles. The number of aromatic nitrogens is 2. The molecule has 138 valence electrons. The van der Waals surface area contributed by atoms with E-state index in [1.54, 1.807) is 10.9 Å². The first kappa shape index (κ1) is 19.0. The lowest BCUT2D eigenvalue weighted by atomic mass is 9.91. The summed E-state index contributed by atoms with van der Waals surface area (Å²) >= 11 is 0. The number of carbonyl (C=O) groups is 1. The number of hydrogen-bond donors (Lipinski definition) is 2. The Kier molecular flexibility index (Phi) is 6.22. The summed E-state index contributed by atoms with van der Waals surface area (Å²) < 4.78 is 40.2. The van der Waals surface area contributed by atoms with Crippen LogP contribution in [0.1, 0.15) is 38.2 Å². The van der Waals surface area contributed by atoms with Crippen molar-refractivity contribution in [3.05, 3.63) is 29.2 Å². The zero-order valence-corrected chi connectivity index (χ0v) is 14.1. The first-order valence-electron chi connectivity index (χ1n) is 8.18. The average molecular weight is 357 g/mol. The summed E-state index contributed by atoms with van der Waals surface area (Å²) in [6, 6.07) is 0. The smallest absolute Gasteiger partial charge is 0.394 e. The number of alkyl halides is 3. The minimum Gasteiger partial charge on any atom is -0.394 e. The minimum atomic E-state index is -4.57. The van der Waals surface area contributed by atoms with E-state index in [-0.39, 0.29) is 30.2 Å². The number of halogens is 3. The van der Waals surface area contributed by atoms with Gasteiger partial charge in [-0.1, -0.05) is 0 Å². The largest absolute Gasteiger partial charge is 0.431 e. The summed E-state index contributed by atoms with van der Waals surface area (Å²) in [5.74, 6) is -0.354. The molecule has 1 aliphatic rings. The summed E-state index contributed by atoms with van der Waals surface area (Å²) in [5, 5.41) is 6.78. The summed E-state index contributed by atoms with van der Waals surface area (Å²) in [6.07, 6.45) is 0.920. The molecule has 9 heteroatoms. The Hall–Kier alpha value is -2.32. The van der Waals surface area contributed by atoms with Crippen LogP contribution in [0.2, 0.25) is 0 Å². The molecule has 25 heavy (non-hydrogen) atoms. The van der Waals surface area contributed by atoms with E-state index in [2.05, 4.69) is 15.4 Å². The minimum absolute atomic E-state index is 0.0239. The topological polar surface area (TPSA) is 85.3 Å². The molecule has 1 amide bonds. The van der Waals surface area contributed by atoms with Crippen LogP contribution in [-0.4, -0.2) is 34.1 Å². The van der Waals surface area contributed by atoms with Crippen molar-refractivity contribution in [1.82, 2.24) is 15.1 Å². The Bertz CT molecular complexity index is 676. The average Bonchev–Trinajstić information content (AvgIpc) is 3.05. The number of nitrogens with zero attached hydrogens (tertiary/aromatic N) is 3. The predicted octanol–water partition coefficient (Wildman–Crippen LogP) is 2.31. The molecule has 1 aromatic rings. The molecule has 0 unspecified atom stereocenters. The molecule has 0 aliphatic heterocycles. The quantitative estimate of drug-likeness (QED) is 0.848. The van der Waals surface area contributed by atoms with Crippen LogP contribution >= 0.6 is 0 Å². The first-order chi connectivity index (χ1) is 11.8. The van der Waals surface area contributed by atoms with Gasteiger partial charge in [0.05, 0.1) is 6.20 Å². The summed E-state index contributed by atoms with van der Waals surface area (Å²) in [6.45, 7) is 2.77. The third kappa shape index (κ3) is 5.33. The Morgan fingerprint density at radius 2 is 2.12 bits per heavy atom. The number of nitrogens with two attached hydrogens (primary N) is 1. The van der Waals surface area contributed by atoms with Gasteiger partial charge in [-0.05, 0) is 32.6 Å². The number of aliphatic imine (C=N–C) groups is 1. The molecule has 3 N–H and O–H groups in total. The maximum atomic E-state index is 12.8. The van der Waals surface area contributed by atoms with Crippen molar-refractivity contribution in [1.29, 1.82) is 0 Å². The van der Waals surface area contributed by atoms with Crippen LogP contribution in [0.5, 0.6) is 0 Å². The first-order valence-corrected chi connectivity index (χ1v) is 8.18. The van der Waals surface area contributed by atoms with Crippen LogP contribution in [-0.2, 0) is 17.9 Å². The molecule has 1 fully saturated rings. The number of hydrogen-bond acceptors (Lipinski definition) is 4. The van der Waals surface area contributed by atoms with Crippen LogP contribution < -0.4 is 11.1 Å². The van der Waals surface area contributed by atoms with E-state index in [0.717, 1.165) is 18.5 Å². The molecule has 2 rings (SSSR count). The fourth-order valence-corrected chi connectivity index (χ4v) is 2.62. The Labute approximate surface area is 144 Å². The van der Waals surface area contributed by atoms with E-state index in [9.17, 15) is 18.0 Å². The van der Waals surface area contributed by atoms with E-state index >= 15 is 0 Å². The monoisotopic (exact) mass is 357 g/mol. The molecule has 0 bridgehead atoms. The standard InChI is InChI=1S/C16H22F3N5O/c1-2-24-10-11(8-23-24)7-22-14(25)9-21-13-6-4-3-5-12(13)15(20)16(17,18)19/h8,10H,2-7,9,20H2,1H3,(H,22,25). The van der Waals surface area contributed by atoms with Crippen LogP contribution in [0.4, 0.5) is 13.2 Å². The van der Waals surface area contributed by atoms with Crippen molar-refractivity contribution >= 4 is 11.6 Å². The summed E-state index contributed by atoms with van der Waals surface area (Å²) in [5.41, 5.74) is 5.30. The van der Waals surface area contributed by atoms with Crippen molar-refractivity contribution in [2.45, 2.75) is 51.9 Å². The highest BCUT2D eigenvalue weighted by molar-refractivity contribution is 6.02. The highest BCUT2D eigenvalue weighted by atomic mass is 19.4. The number of amides is 1. The predicted molar refractivity (Wildman–Crippen MR) is 87.8 cm³/mol. The normalized spacial score (nSPS) is 19.1. The second-order valence-electron chi connectivity index (χ2n) is 5.84. The molecular formula is C16H22F3N5O. The fourth-order valence-electron chi connectivity index (χ4n) is 2.62. The third-order valence-electron chi connectivity index (χ3n) is 3.98. The van der Waals surface area contributed by atoms with Crippen molar-refractivity contribution in [3.8, 4) is 0 Å². The van der Waals surface area contributed by atoms with Gasteiger partial charge in [-0.15, -0.1) is 0 Å². The van der Waals surface area contributed by atoms with Crippen LogP contribution in [0, 0.1) is 0 Å². The lowest BCUT2D eigenvalue weighted by molar-refractivity contribution is -0.119. The molecule has 0 saturated heterocycles. The van der Waals surface area contributed by atoms with Gasteiger partial charge in [-0.3, -0.25) is 14.5 Å². The Balaban J connectivity index is 1.97. The molecule has 0 spiro atoms. The molecule has 0 radical (unpaired) electrons. The molecule has 1 aromatic heterocycles. The Morgan fingerprint density at radius 1 is 1.40 bits per heavy atom. The van der Waals surface area contributed by atoms with Gasteiger partial charge < -0.3 is 11.1 Å². The summed E-state index contributed by atoms with van der Waals surface area (Å²) in [7, 11) is 0. The van der Waals surface area contributed by atoms with E-state index in [0.29, 0.717) is 19.4 Å². The van der Waals surface area contributed by atoms with Crippen molar-refractivity contribution in [2.75, 3.05) is 6.54 Å². The zero-order valence-electron chi connectivity index (χ0n) is 14.1. The van der Waals surface area contributed by atoms with Crippen LogP contribution in [0.15, 0.2) is 28.7 Å². The van der Waals surface area contributed by atoms with E-state index in [1.165, 1.54) is 0 Å². The lowest BCUT2D eigenvalue weighted by Gasteiger charge is -2.20. The van der Waals surface area contributed by atoms with Gasteiger partial charge in [-0.2, -0.15) is 18.3 Å². The highest BCUT2D eigenvalue weighted by Crippen LogP contribution is 2.30. The van der Waals surface area contributed by atoms with Gasteiger partial charge in [0.1, 0.15) is 12.2 Å². The van der Waals surface area contributed by atoms with E-state index in [1.807, 2.05) is 13.1 Å². The SMILES string of the molecule is CCn1cc(CNC(=O)CN=C2CCCCC2=C(N)C(F)(F)F)cn1. The van der Waals surface area contributed by atoms with Crippen molar-refractivity contribution in [3.63, 3.8) is 0 Å². The van der Waals surface area contributed by atoms with Gasteiger partial charge in [0, 0.05) is 36.1 Å².